The fourth-order valence-electron chi connectivity index (χ4n) is 1.56. The van der Waals surface area contributed by atoms with Gasteiger partial charge in [-0.2, -0.15) is 0 Å². The first-order chi connectivity index (χ1) is 8.54. The van der Waals surface area contributed by atoms with Gasteiger partial charge in [0.2, 0.25) is 11.7 Å². The summed E-state index contributed by atoms with van der Waals surface area (Å²) in [6.07, 6.45) is 0. The topological polar surface area (TPSA) is 88.2 Å². The second kappa shape index (κ2) is 4.87. The Kier molecular flexibility index (Phi) is 3.27. The summed E-state index contributed by atoms with van der Waals surface area (Å²) in [6.45, 7) is 4.11. The molecule has 0 bridgehead atoms. The number of rotatable bonds is 4. The molecular weight excluding hydrogens is 234 g/mol. The fraction of sp³-hybridized carbons (Fsp3) is 0.250. The average Bonchev–Trinajstić information content (AvgIpc) is 2.73. The highest BCUT2D eigenvalue weighted by Gasteiger charge is 2.09. The third-order valence-electron chi connectivity index (χ3n) is 2.28. The lowest BCUT2D eigenvalue weighted by Gasteiger charge is -2.04. The Morgan fingerprint density at radius 2 is 2.00 bits per heavy atom. The highest BCUT2D eigenvalue weighted by Crippen LogP contribution is 2.10. The van der Waals surface area contributed by atoms with E-state index < -0.39 is 5.97 Å². The number of carbonyl (C=O) groups is 1. The molecule has 2 heterocycles. The number of carboxylic acid groups (broad SMARTS) is 1. The van der Waals surface area contributed by atoms with E-state index in [0.717, 1.165) is 11.4 Å². The molecule has 0 spiro atoms. The Balaban J connectivity index is 2.04. The van der Waals surface area contributed by atoms with Crippen molar-refractivity contribution < 1.29 is 14.3 Å². The van der Waals surface area contributed by atoms with E-state index in [1.54, 1.807) is 6.07 Å². The smallest absolute Gasteiger partial charge is 0.371 e. The maximum atomic E-state index is 10.6. The second-order valence-electron chi connectivity index (χ2n) is 3.90. The number of nitrogens with one attached hydrogen (secondary N) is 1. The molecule has 0 radical (unpaired) electrons. The molecule has 0 saturated carbocycles. The number of hydrogen-bond donors (Lipinski definition) is 2. The van der Waals surface area contributed by atoms with E-state index in [-0.39, 0.29) is 5.76 Å². The molecule has 0 aliphatic carbocycles. The van der Waals surface area contributed by atoms with Crippen molar-refractivity contribution in [3.63, 3.8) is 0 Å². The highest BCUT2D eigenvalue weighted by atomic mass is 16.4. The number of aryl methyl sites for hydroxylation is 2. The number of nitrogens with zero attached hydrogens (tertiary/aromatic N) is 2. The first-order valence-electron chi connectivity index (χ1n) is 5.43. The van der Waals surface area contributed by atoms with Crippen LogP contribution < -0.4 is 5.32 Å². The van der Waals surface area contributed by atoms with E-state index in [0.29, 0.717) is 18.3 Å². The summed E-state index contributed by atoms with van der Waals surface area (Å²) in [6, 6.07) is 4.90. The molecule has 0 unspecified atom stereocenters. The molecular formula is C12H13N3O3. The summed E-state index contributed by atoms with van der Waals surface area (Å²) >= 11 is 0. The van der Waals surface area contributed by atoms with Crippen LogP contribution in [0.15, 0.2) is 22.6 Å². The van der Waals surface area contributed by atoms with Gasteiger partial charge in [-0.25, -0.2) is 14.8 Å². The second-order valence-corrected chi connectivity index (χ2v) is 3.90. The van der Waals surface area contributed by atoms with Gasteiger partial charge in [0, 0.05) is 11.4 Å². The maximum Gasteiger partial charge on any atom is 0.371 e. The van der Waals surface area contributed by atoms with Crippen LogP contribution in [0.25, 0.3) is 0 Å². The van der Waals surface area contributed by atoms with E-state index in [4.69, 9.17) is 9.52 Å². The Morgan fingerprint density at radius 1 is 1.33 bits per heavy atom. The zero-order valence-electron chi connectivity index (χ0n) is 10.1. The van der Waals surface area contributed by atoms with Gasteiger partial charge < -0.3 is 14.8 Å². The molecule has 2 aromatic heterocycles. The molecule has 2 rings (SSSR count). The standard InChI is InChI=1S/C12H13N3O3/c1-7-5-8(2)15-12(14-7)13-6-9-3-4-10(18-9)11(16)17/h3-5H,6H2,1-2H3,(H,16,17)(H,13,14,15). The average molecular weight is 247 g/mol. The number of anilines is 1. The lowest BCUT2D eigenvalue weighted by atomic mass is 10.3. The molecule has 0 fully saturated rings. The highest BCUT2D eigenvalue weighted by molar-refractivity contribution is 5.84. The van der Waals surface area contributed by atoms with Gasteiger partial charge in [-0.1, -0.05) is 0 Å². The fourth-order valence-corrected chi connectivity index (χ4v) is 1.56. The quantitative estimate of drug-likeness (QED) is 0.859. The zero-order chi connectivity index (χ0) is 13.1. The first kappa shape index (κ1) is 12.1. The van der Waals surface area contributed by atoms with Crippen molar-refractivity contribution in [1.29, 1.82) is 0 Å². The van der Waals surface area contributed by atoms with Gasteiger partial charge in [0.15, 0.2) is 0 Å². The van der Waals surface area contributed by atoms with Gasteiger partial charge in [-0.05, 0) is 32.0 Å². The zero-order valence-corrected chi connectivity index (χ0v) is 10.1. The van der Waals surface area contributed by atoms with Crippen LogP contribution in [-0.4, -0.2) is 21.0 Å². The molecule has 0 saturated heterocycles. The minimum atomic E-state index is -1.08. The van der Waals surface area contributed by atoms with Crippen molar-refractivity contribution >= 4 is 11.9 Å². The largest absolute Gasteiger partial charge is 0.475 e. The van der Waals surface area contributed by atoms with E-state index >= 15 is 0 Å². The molecule has 2 N–H and O–H groups in total. The minimum absolute atomic E-state index is 0.0758. The number of carboxylic acids is 1. The van der Waals surface area contributed by atoms with Crippen LogP contribution in [0.3, 0.4) is 0 Å². The number of hydrogen-bond acceptors (Lipinski definition) is 5. The predicted molar refractivity (Wildman–Crippen MR) is 64.5 cm³/mol. The summed E-state index contributed by atoms with van der Waals surface area (Å²) in [7, 11) is 0. The number of aromatic carboxylic acids is 1. The molecule has 0 atom stereocenters. The van der Waals surface area contributed by atoms with Crippen molar-refractivity contribution in [1.82, 2.24) is 9.97 Å². The first-order valence-corrected chi connectivity index (χ1v) is 5.43. The van der Waals surface area contributed by atoms with Crippen LogP contribution in [-0.2, 0) is 6.54 Å². The van der Waals surface area contributed by atoms with Crippen molar-refractivity contribution in [2.24, 2.45) is 0 Å². The number of aromatic nitrogens is 2. The van der Waals surface area contributed by atoms with Gasteiger partial charge in [0.05, 0.1) is 6.54 Å². The van der Waals surface area contributed by atoms with Crippen LogP contribution in [0.4, 0.5) is 5.95 Å². The summed E-state index contributed by atoms with van der Waals surface area (Å²) in [5, 5.41) is 11.7. The summed E-state index contributed by atoms with van der Waals surface area (Å²) < 4.78 is 5.11. The van der Waals surface area contributed by atoms with Crippen LogP contribution in [0, 0.1) is 13.8 Å². The molecule has 18 heavy (non-hydrogen) atoms. The van der Waals surface area contributed by atoms with Crippen LogP contribution in [0.1, 0.15) is 27.7 Å². The predicted octanol–water partition coefficient (Wildman–Crippen LogP) is 2.00. The Morgan fingerprint density at radius 3 is 2.56 bits per heavy atom. The molecule has 6 heteroatoms. The SMILES string of the molecule is Cc1cc(C)nc(NCc2ccc(C(=O)O)o2)n1. The normalized spacial score (nSPS) is 10.3. The molecule has 0 aromatic carbocycles. The van der Waals surface area contributed by atoms with Gasteiger partial charge in [-0.15, -0.1) is 0 Å². The lowest BCUT2D eigenvalue weighted by molar-refractivity contribution is 0.0660. The minimum Gasteiger partial charge on any atom is -0.475 e. The molecule has 0 amide bonds. The van der Waals surface area contributed by atoms with Crippen molar-refractivity contribution in [2.75, 3.05) is 5.32 Å². The van der Waals surface area contributed by atoms with Gasteiger partial charge in [-0.3, -0.25) is 0 Å². The van der Waals surface area contributed by atoms with E-state index in [9.17, 15) is 4.79 Å². The Hall–Kier alpha value is -2.37. The molecule has 0 aliphatic heterocycles. The lowest BCUT2D eigenvalue weighted by Crippen LogP contribution is -2.04. The third-order valence-corrected chi connectivity index (χ3v) is 2.28. The van der Waals surface area contributed by atoms with Crippen molar-refractivity contribution in [2.45, 2.75) is 20.4 Å². The Labute approximate surface area is 104 Å². The molecule has 0 aliphatic rings. The van der Waals surface area contributed by atoms with E-state index in [2.05, 4.69) is 15.3 Å². The van der Waals surface area contributed by atoms with Crippen LogP contribution in [0.2, 0.25) is 0 Å². The molecule has 94 valence electrons. The summed E-state index contributed by atoms with van der Waals surface area (Å²) in [4.78, 5) is 19.1. The van der Waals surface area contributed by atoms with E-state index in [1.807, 2.05) is 19.9 Å². The molecule has 2 aromatic rings. The monoisotopic (exact) mass is 247 g/mol. The van der Waals surface area contributed by atoms with Gasteiger partial charge in [0.1, 0.15) is 5.76 Å². The van der Waals surface area contributed by atoms with E-state index in [1.165, 1.54) is 6.07 Å². The van der Waals surface area contributed by atoms with Crippen LogP contribution in [0.5, 0.6) is 0 Å². The Bertz CT molecular complexity index is 557. The van der Waals surface area contributed by atoms with Gasteiger partial charge in [0.25, 0.3) is 0 Å². The van der Waals surface area contributed by atoms with Gasteiger partial charge >= 0.3 is 5.97 Å². The van der Waals surface area contributed by atoms with Crippen molar-refractivity contribution in [3.8, 4) is 0 Å². The maximum absolute atomic E-state index is 10.6. The number of furan rings is 1. The summed E-state index contributed by atoms with van der Waals surface area (Å²) in [5.41, 5.74) is 1.74. The third kappa shape index (κ3) is 2.85. The molecule has 6 nitrogen and oxygen atoms in total. The van der Waals surface area contributed by atoms with Crippen molar-refractivity contribution in [3.05, 3.63) is 41.1 Å². The summed E-state index contributed by atoms with van der Waals surface area (Å²) in [5.74, 6) is -0.132. The van der Waals surface area contributed by atoms with Crippen LogP contribution >= 0.6 is 0 Å².